The maximum Gasteiger partial charge on any atom is 0.305 e. The van der Waals surface area contributed by atoms with Gasteiger partial charge in [0.25, 0.3) is 0 Å². The van der Waals surface area contributed by atoms with Crippen LogP contribution in [0.25, 0.3) is 11.1 Å². The van der Waals surface area contributed by atoms with E-state index >= 15 is 0 Å². The van der Waals surface area contributed by atoms with Gasteiger partial charge >= 0.3 is 5.97 Å². The minimum absolute atomic E-state index is 0.156. The van der Waals surface area contributed by atoms with Crippen molar-refractivity contribution in [1.29, 1.82) is 0 Å². The zero-order valence-corrected chi connectivity index (χ0v) is 18.5. The molecule has 0 radical (unpaired) electrons. The van der Waals surface area contributed by atoms with E-state index in [1.54, 1.807) is 14.2 Å². The maximum absolute atomic E-state index is 12.0. The zero-order chi connectivity index (χ0) is 22.2. The lowest BCUT2D eigenvalue weighted by Crippen LogP contribution is -2.13. The number of carbonyl (C=O) groups is 2. The molecule has 0 N–H and O–H groups in total. The second kappa shape index (κ2) is 10.8. The maximum atomic E-state index is 12.0. The SMILES string of the molecule is CCCCCC(=O)OCCOc1c(-c2ccc3c(c2)CCC3=O)ccc(OC)c1OC. The van der Waals surface area contributed by atoms with Crippen LogP contribution in [0.2, 0.25) is 0 Å². The minimum Gasteiger partial charge on any atom is -0.493 e. The Balaban J connectivity index is 1.78. The normalized spacial score (nSPS) is 12.4. The summed E-state index contributed by atoms with van der Waals surface area (Å²) in [6.45, 7) is 2.44. The Labute approximate surface area is 183 Å². The molecule has 0 atom stereocenters. The van der Waals surface area contributed by atoms with Crippen molar-refractivity contribution in [2.75, 3.05) is 27.4 Å². The second-order valence-electron chi connectivity index (χ2n) is 7.50. The summed E-state index contributed by atoms with van der Waals surface area (Å²) >= 11 is 0. The number of fused-ring (bicyclic) bond motifs is 1. The van der Waals surface area contributed by atoms with Crippen molar-refractivity contribution in [3.05, 3.63) is 41.5 Å². The van der Waals surface area contributed by atoms with E-state index in [9.17, 15) is 9.59 Å². The van der Waals surface area contributed by atoms with E-state index in [4.69, 9.17) is 18.9 Å². The molecular formula is C25H30O6. The quantitative estimate of drug-likeness (QED) is 0.372. The molecule has 2 aromatic rings. The van der Waals surface area contributed by atoms with E-state index in [0.29, 0.717) is 30.1 Å². The number of carbonyl (C=O) groups excluding carboxylic acids is 2. The first-order valence-electron chi connectivity index (χ1n) is 10.8. The van der Waals surface area contributed by atoms with Gasteiger partial charge in [-0.15, -0.1) is 0 Å². The molecule has 2 aromatic carbocycles. The molecule has 166 valence electrons. The predicted octanol–water partition coefficient (Wildman–Crippen LogP) is 5.00. The van der Waals surface area contributed by atoms with Gasteiger partial charge in [0, 0.05) is 24.0 Å². The van der Waals surface area contributed by atoms with E-state index in [-0.39, 0.29) is 25.0 Å². The van der Waals surface area contributed by atoms with Gasteiger partial charge in [0.2, 0.25) is 5.75 Å². The highest BCUT2D eigenvalue weighted by molar-refractivity contribution is 6.01. The molecule has 0 aliphatic heterocycles. The van der Waals surface area contributed by atoms with Crippen LogP contribution in [0, 0.1) is 0 Å². The fraction of sp³-hybridized carbons (Fsp3) is 0.440. The van der Waals surface area contributed by atoms with Gasteiger partial charge in [-0.25, -0.2) is 0 Å². The van der Waals surface area contributed by atoms with Crippen molar-refractivity contribution < 1.29 is 28.5 Å². The Bertz CT molecular complexity index is 934. The molecule has 1 aliphatic carbocycles. The Morgan fingerprint density at radius 1 is 0.935 bits per heavy atom. The Kier molecular flexibility index (Phi) is 7.93. The van der Waals surface area contributed by atoms with Crippen molar-refractivity contribution >= 4 is 11.8 Å². The van der Waals surface area contributed by atoms with Gasteiger partial charge in [0.1, 0.15) is 13.2 Å². The molecule has 0 saturated carbocycles. The number of ketones is 1. The van der Waals surface area contributed by atoms with Gasteiger partial charge < -0.3 is 18.9 Å². The van der Waals surface area contributed by atoms with Gasteiger partial charge in [0.05, 0.1) is 14.2 Å². The number of esters is 1. The third-order valence-electron chi connectivity index (χ3n) is 5.42. The highest BCUT2D eigenvalue weighted by Gasteiger charge is 2.22. The zero-order valence-electron chi connectivity index (χ0n) is 18.5. The number of unbranched alkanes of at least 4 members (excludes halogenated alkanes) is 2. The monoisotopic (exact) mass is 426 g/mol. The van der Waals surface area contributed by atoms with Gasteiger partial charge in [-0.3, -0.25) is 9.59 Å². The molecule has 0 saturated heterocycles. The summed E-state index contributed by atoms with van der Waals surface area (Å²) in [4.78, 5) is 23.8. The van der Waals surface area contributed by atoms with Gasteiger partial charge in [0.15, 0.2) is 17.3 Å². The molecule has 6 nitrogen and oxygen atoms in total. The molecule has 0 heterocycles. The number of hydrogen-bond acceptors (Lipinski definition) is 6. The average molecular weight is 427 g/mol. The Morgan fingerprint density at radius 3 is 2.48 bits per heavy atom. The summed E-state index contributed by atoms with van der Waals surface area (Å²) < 4.78 is 22.3. The van der Waals surface area contributed by atoms with Gasteiger partial charge in [-0.1, -0.05) is 38.0 Å². The van der Waals surface area contributed by atoms with Crippen LogP contribution < -0.4 is 14.2 Å². The summed E-state index contributed by atoms with van der Waals surface area (Å²) in [7, 11) is 3.13. The fourth-order valence-electron chi connectivity index (χ4n) is 3.78. The molecule has 0 spiro atoms. The Morgan fingerprint density at radius 2 is 1.74 bits per heavy atom. The first-order chi connectivity index (χ1) is 15.1. The summed E-state index contributed by atoms with van der Waals surface area (Å²) in [5.41, 5.74) is 3.60. The molecule has 0 aromatic heterocycles. The van der Waals surface area contributed by atoms with Crippen LogP contribution in [0.3, 0.4) is 0 Å². The van der Waals surface area contributed by atoms with Crippen molar-refractivity contribution in [3.8, 4) is 28.4 Å². The predicted molar refractivity (Wildman–Crippen MR) is 118 cm³/mol. The molecule has 0 amide bonds. The van der Waals surface area contributed by atoms with Crippen LogP contribution in [-0.2, 0) is 16.0 Å². The lowest BCUT2D eigenvalue weighted by atomic mass is 9.99. The number of benzene rings is 2. The third-order valence-corrected chi connectivity index (χ3v) is 5.42. The summed E-state index contributed by atoms with van der Waals surface area (Å²) in [6.07, 6.45) is 4.64. The molecule has 0 bridgehead atoms. The highest BCUT2D eigenvalue weighted by Crippen LogP contribution is 2.45. The number of ether oxygens (including phenoxy) is 4. The summed E-state index contributed by atoms with van der Waals surface area (Å²) in [5.74, 6) is 1.53. The molecule has 0 unspecified atom stereocenters. The lowest BCUT2D eigenvalue weighted by Gasteiger charge is -2.18. The van der Waals surface area contributed by atoms with Crippen LogP contribution in [0.1, 0.15) is 54.9 Å². The number of Topliss-reactive ketones (excluding diaryl/α,β-unsaturated/α-hetero) is 1. The molecule has 3 rings (SSSR count). The Hall–Kier alpha value is -3.02. The van der Waals surface area contributed by atoms with Crippen molar-refractivity contribution in [2.45, 2.75) is 45.4 Å². The number of methoxy groups -OCH3 is 2. The molecule has 6 heteroatoms. The first-order valence-corrected chi connectivity index (χ1v) is 10.8. The van der Waals surface area contributed by atoms with Crippen molar-refractivity contribution in [1.82, 2.24) is 0 Å². The van der Waals surface area contributed by atoms with E-state index < -0.39 is 0 Å². The highest BCUT2D eigenvalue weighted by atomic mass is 16.6. The third kappa shape index (κ3) is 5.37. The fourth-order valence-corrected chi connectivity index (χ4v) is 3.78. The topological polar surface area (TPSA) is 71.1 Å². The van der Waals surface area contributed by atoms with Crippen LogP contribution in [-0.4, -0.2) is 39.2 Å². The largest absolute Gasteiger partial charge is 0.493 e. The van der Waals surface area contributed by atoms with E-state index in [1.807, 2.05) is 30.3 Å². The minimum atomic E-state index is -0.210. The molecule has 31 heavy (non-hydrogen) atoms. The van der Waals surface area contributed by atoms with Crippen molar-refractivity contribution in [3.63, 3.8) is 0 Å². The van der Waals surface area contributed by atoms with Crippen LogP contribution >= 0.6 is 0 Å². The second-order valence-corrected chi connectivity index (χ2v) is 7.50. The summed E-state index contributed by atoms with van der Waals surface area (Å²) in [5, 5.41) is 0. The van der Waals surface area contributed by atoms with Crippen LogP contribution in [0.4, 0.5) is 0 Å². The van der Waals surface area contributed by atoms with Gasteiger partial charge in [-0.2, -0.15) is 0 Å². The van der Waals surface area contributed by atoms with E-state index in [1.165, 1.54) is 0 Å². The molecule has 1 aliphatic rings. The standard InChI is InChI=1S/C25H30O6/c1-4-5-6-7-23(27)30-14-15-31-24-20(11-13-22(28-2)25(24)29-3)18-8-10-19-17(16-18)9-12-21(19)26/h8,10-11,13,16H,4-7,9,12,14-15H2,1-3H3. The average Bonchev–Trinajstić information content (AvgIpc) is 3.16. The van der Waals surface area contributed by atoms with Gasteiger partial charge in [-0.05, 0) is 36.1 Å². The lowest BCUT2D eigenvalue weighted by molar-refractivity contribution is -0.144. The van der Waals surface area contributed by atoms with Crippen LogP contribution in [0.15, 0.2) is 30.3 Å². The summed E-state index contributed by atoms with van der Waals surface area (Å²) in [6, 6.07) is 9.56. The first kappa shape index (κ1) is 22.7. The molecule has 0 fully saturated rings. The van der Waals surface area contributed by atoms with E-state index in [2.05, 4.69) is 6.92 Å². The van der Waals surface area contributed by atoms with E-state index in [0.717, 1.165) is 47.9 Å². The smallest absolute Gasteiger partial charge is 0.305 e. The number of rotatable bonds is 11. The number of aryl methyl sites for hydroxylation is 1. The van der Waals surface area contributed by atoms with Crippen LogP contribution in [0.5, 0.6) is 17.2 Å². The number of hydrogen-bond donors (Lipinski definition) is 0. The van der Waals surface area contributed by atoms with Crippen molar-refractivity contribution in [2.24, 2.45) is 0 Å². The molecular weight excluding hydrogens is 396 g/mol.